The topological polar surface area (TPSA) is 62.3 Å². The van der Waals surface area contributed by atoms with E-state index in [2.05, 4.69) is 17.6 Å². The number of aromatic nitrogens is 1. The standard InChI is InChI=1S/C23H29N3O2S/c1-2-16-6-8-19(9-7-16)23(28)26-12-10-18(11-13-26)22-25-20(15-29-22)14-24-21(27)17-4-3-5-17/h6-9,15,17-18H,2-5,10-14H2,1H3,(H,24,27). The number of carbonyl (C=O) groups excluding carboxylic acids is 2. The lowest BCUT2D eigenvalue weighted by atomic mass is 9.85. The van der Waals surface area contributed by atoms with Crippen LogP contribution >= 0.6 is 11.3 Å². The second-order valence-electron chi connectivity index (χ2n) is 8.14. The fourth-order valence-corrected chi connectivity index (χ4v) is 4.97. The maximum atomic E-state index is 12.8. The third-order valence-corrected chi connectivity index (χ3v) is 7.29. The lowest BCUT2D eigenvalue weighted by molar-refractivity contribution is -0.127. The molecule has 1 saturated heterocycles. The smallest absolute Gasteiger partial charge is 0.253 e. The number of carbonyl (C=O) groups is 2. The van der Waals surface area contributed by atoms with E-state index in [1.807, 2.05) is 29.2 Å². The van der Waals surface area contributed by atoms with Crippen LogP contribution in [0.15, 0.2) is 29.6 Å². The minimum absolute atomic E-state index is 0.129. The Balaban J connectivity index is 1.27. The summed E-state index contributed by atoms with van der Waals surface area (Å²) in [7, 11) is 0. The van der Waals surface area contributed by atoms with Gasteiger partial charge in [-0.05, 0) is 49.8 Å². The molecule has 0 radical (unpaired) electrons. The molecule has 0 spiro atoms. The maximum Gasteiger partial charge on any atom is 0.253 e. The van der Waals surface area contributed by atoms with Gasteiger partial charge in [-0.3, -0.25) is 9.59 Å². The first-order valence-corrected chi connectivity index (χ1v) is 11.6. The minimum Gasteiger partial charge on any atom is -0.350 e. The van der Waals surface area contributed by atoms with Crippen LogP contribution in [0.25, 0.3) is 0 Å². The van der Waals surface area contributed by atoms with Gasteiger partial charge in [0.2, 0.25) is 5.91 Å². The van der Waals surface area contributed by atoms with E-state index >= 15 is 0 Å². The minimum atomic E-state index is 0.129. The van der Waals surface area contributed by atoms with Crippen LogP contribution in [-0.4, -0.2) is 34.8 Å². The van der Waals surface area contributed by atoms with E-state index in [-0.39, 0.29) is 17.7 Å². The molecule has 1 N–H and O–H groups in total. The number of rotatable bonds is 6. The highest BCUT2D eigenvalue weighted by Crippen LogP contribution is 2.31. The maximum absolute atomic E-state index is 12.8. The van der Waals surface area contributed by atoms with Crippen molar-refractivity contribution >= 4 is 23.2 Å². The van der Waals surface area contributed by atoms with Crippen molar-refractivity contribution in [2.45, 2.75) is 57.9 Å². The summed E-state index contributed by atoms with van der Waals surface area (Å²) in [5.74, 6) is 0.921. The van der Waals surface area contributed by atoms with E-state index in [0.717, 1.165) is 61.5 Å². The zero-order valence-electron chi connectivity index (χ0n) is 17.0. The molecule has 1 aromatic heterocycles. The molecule has 0 unspecified atom stereocenters. The van der Waals surface area contributed by atoms with Gasteiger partial charge in [-0.2, -0.15) is 0 Å². The van der Waals surface area contributed by atoms with Gasteiger partial charge < -0.3 is 10.2 Å². The molecule has 2 amide bonds. The third kappa shape index (κ3) is 4.69. The van der Waals surface area contributed by atoms with Crippen molar-refractivity contribution in [2.24, 2.45) is 5.92 Å². The number of nitrogens with one attached hydrogen (secondary N) is 1. The summed E-state index contributed by atoms with van der Waals surface area (Å²) in [6.07, 6.45) is 6.09. The van der Waals surface area contributed by atoms with Crippen molar-refractivity contribution in [1.82, 2.24) is 15.2 Å². The van der Waals surface area contributed by atoms with Crippen LogP contribution in [0, 0.1) is 5.92 Å². The van der Waals surface area contributed by atoms with E-state index in [9.17, 15) is 9.59 Å². The number of benzene rings is 1. The van der Waals surface area contributed by atoms with Crippen molar-refractivity contribution in [3.05, 3.63) is 51.5 Å². The fourth-order valence-electron chi connectivity index (χ4n) is 3.98. The number of aryl methyl sites for hydroxylation is 1. The lowest BCUT2D eigenvalue weighted by Gasteiger charge is -2.31. The molecule has 1 aromatic carbocycles. The van der Waals surface area contributed by atoms with Crippen LogP contribution in [0.5, 0.6) is 0 Å². The summed E-state index contributed by atoms with van der Waals surface area (Å²) in [6.45, 7) is 4.18. The molecule has 154 valence electrons. The van der Waals surface area contributed by atoms with Crippen LogP contribution in [0.2, 0.25) is 0 Å². The van der Waals surface area contributed by atoms with Crippen LogP contribution in [0.1, 0.15) is 71.6 Å². The lowest BCUT2D eigenvalue weighted by Crippen LogP contribution is -2.37. The first-order chi connectivity index (χ1) is 14.1. The van der Waals surface area contributed by atoms with Crippen molar-refractivity contribution < 1.29 is 9.59 Å². The van der Waals surface area contributed by atoms with E-state index in [1.165, 1.54) is 12.0 Å². The van der Waals surface area contributed by atoms with Gasteiger partial charge in [0.1, 0.15) is 0 Å². The quantitative estimate of drug-likeness (QED) is 0.777. The highest BCUT2D eigenvalue weighted by molar-refractivity contribution is 7.09. The Bertz CT molecular complexity index is 849. The fraction of sp³-hybridized carbons (Fsp3) is 0.522. The molecular weight excluding hydrogens is 382 g/mol. The molecule has 1 aliphatic carbocycles. The Kier molecular flexibility index (Phi) is 6.28. The Morgan fingerprint density at radius 2 is 1.86 bits per heavy atom. The Hall–Kier alpha value is -2.21. The first kappa shape index (κ1) is 20.1. The number of hydrogen-bond acceptors (Lipinski definition) is 4. The molecular formula is C23H29N3O2S. The zero-order valence-corrected chi connectivity index (χ0v) is 17.8. The second-order valence-corrected chi connectivity index (χ2v) is 9.03. The summed E-state index contributed by atoms with van der Waals surface area (Å²) in [6, 6.07) is 7.97. The Labute approximate surface area is 176 Å². The van der Waals surface area contributed by atoms with E-state index in [4.69, 9.17) is 4.98 Å². The predicted molar refractivity (Wildman–Crippen MR) is 115 cm³/mol. The number of piperidine rings is 1. The molecule has 2 fully saturated rings. The molecule has 2 heterocycles. The molecule has 29 heavy (non-hydrogen) atoms. The highest BCUT2D eigenvalue weighted by atomic mass is 32.1. The SMILES string of the molecule is CCc1ccc(C(=O)N2CCC(c3nc(CNC(=O)C4CCC4)cs3)CC2)cc1. The summed E-state index contributed by atoms with van der Waals surface area (Å²) in [4.78, 5) is 31.5. The third-order valence-electron chi connectivity index (χ3n) is 6.23. The van der Waals surface area contributed by atoms with Crippen molar-refractivity contribution in [2.75, 3.05) is 13.1 Å². The van der Waals surface area contributed by atoms with Crippen LogP contribution in [0.3, 0.4) is 0 Å². The normalized spacial score (nSPS) is 17.8. The van der Waals surface area contributed by atoms with Gasteiger partial charge in [0.05, 0.1) is 17.2 Å². The molecule has 0 bridgehead atoms. The highest BCUT2D eigenvalue weighted by Gasteiger charge is 2.27. The molecule has 1 saturated carbocycles. The van der Waals surface area contributed by atoms with Gasteiger partial charge in [-0.15, -0.1) is 11.3 Å². The van der Waals surface area contributed by atoms with Gasteiger partial charge in [0.25, 0.3) is 5.91 Å². The Morgan fingerprint density at radius 1 is 1.14 bits per heavy atom. The van der Waals surface area contributed by atoms with Gasteiger partial charge in [-0.1, -0.05) is 25.5 Å². The average Bonchev–Trinajstić information content (AvgIpc) is 3.20. The second kappa shape index (κ2) is 9.08. The van der Waals surface area contributed by atoms with Gasteiger partial charge in [0.15, 0.2) is 0 Å². The predicted octanol–water partition coefficient (Wildman–Crippen LogP) is 4.14. The van der Waals surface area contributed by atoms with Crippen LogP contribution in [0.4, 0.5) is 0 Å². The summed E-state index contributed by atoms with van der Waals surface area (Å²) < 4.78 is 0. The van der Waals surface area contributed by atoms with E-state index in [1.54, 1.807) is 11.3 Å². The van der Waals surface area contributed by atoms with E-state index in [0.29, 0.717) is 12.5 Å². The van der Waals surface area contributed by atoms with Crippen molar-refractivity contribution in [3.8, 4) is 0 Å². The van der Waals surface area contributed by atoms with Crippen molar-refractivity contribution in [1.29, 1.82) is 0 Å². The number of likely N-dealkylation sites (tertiary alicyclic amines) is 1. The molecule has 2 aromatic rings. The number of thiazole rings is 1. The Morgan fingerprint density at radius 3 is 2.48 bits per heavy atom. The molecule has 6 heteroatoms. The van der Waals surface area contributed by atoms with Gasteiger partial charge in [0, 0.05) is 35.9 Å². The molecule has 5 nitrogen and oxygen atoms in total. The monoisotopic (exact) mass is 411 g/mol. The van der Waals surface area contributed by atoms with Gasteiger partial charge in [-0.25, -0.2) is 4.98 Å². The van der Waals surface area contributed by atoms with E-state index < -0.39 is 0 Å². The summed E-state index contributed by atoms with van der Waals surface area (Å²) in [5.41, 5.74) is 2.98. The molecule has 2 aliphatic rings. The van der Waals surface area contributed by atoms with Crippen molar-refractivity contribution in [3.63, 3.8) is 0 Å². The molecule has 4 rings (SSSR count). The largest absolute Gasteiger partial charge is 0.350 e. The molecule has 0 atom stereocenters. The van der Waals surface area contributed by atoms with Crippen LogP contribution in [-0.2, 0) is 17.8 Å². The van der Waals surface area contributed by atoms with Crippen LogP contribution < -0.4 is 5.32 Å². The van der Waals surface area contributed by atoms with Gasteiger partial charge >= 0.3 is 0 Å². The average molecular weight is 412 g/mol. The first-order valence-electron chi connectivity index (χ1n) is 10.7. The number of hydrogen-bond donors (Lipinski definition) is 1. The summed E-state index contributed by atoms with van der Waals surface area (Å²) in [5, 5.41) is 6.21. The number of nitrogens with zero attached hydrogens (tertiary/aromatic N) is 2. The molecule has 1 aliphatic heterocycles. The zero-order chi connectivity index (χ0) is 20.2. The summed E-state index contributed by atoms with van der Waals surface area (Å²) >= 11 is 1.68. The number of amides is 2.